The van der Waals surface area contributed by atoms with E-state index in [1.807, 2.05) is 51.1 Å². The Balaban J connectivity index is 1.31. The third-order valence-electron chi connectivity index (χ3n) is 6.25. The number of rotatable bonds is 6. The number of aromatic amines is 1. The average molecular weight is 444 g/mol. The number of fused-ring (bicyclic) bond motifs is 2. The highest BCUT2D eigenvalue weighted by Crippen LogP contribution is 2.29. The molecule has 0 radical (unpaired) electrons. The Hall–Kier alpha value is -3.74. The predicted molar refractivity (Wildman–Crippen MR) is 129 cm³/mol. The van der Waals surface area contributed by atoms with Crippen LogP contribution in [0.1, 0.15) is 45.0 Å². The van der Waals surface area contributed by atoms with Crippen LogP contribution < -0.4 is 10.6 Å². The van der Waals surface area contributed by atoms with Crippen LogP contribution in [0.25, 0.3) is 10.9 Å². The number of carbonyl (C=O) groups excluding carboxylic acids is 1. The lowest BCUT2D eigenvalue weighted by Crippen LogP contribution is -2.09. The van der Waals surface area contributed by atoms with Crippen molar-refractivity contribution < 1.29 is 9.18 Å². The van der Waals surface area contributed by atoms with Crippen LogP contribution >= 0.6 is 0 Å². The zero-order valence-electron chi connectivity index (χ0n) is 19.0. The summed E-state index contributed by atoms with van der Waals surface area (Å²) in [4.78, 5) is 24.1. The summed E-state index contributed by atoms with van der Waals surface area (Å²) >= 11 is 0. The smallest absolute Gasteiger partial charge is 0.163 e. The molecule has 0 bridgehead atoms. The third kappa shape index (κ3) is 4.06. The van der Waals surface area contributed by atoms with Gasteiger partial charge >= 0.3 is 0 Å². The first-order chi connectivity index (χ1) is 15.9. The van der Waals surface area contributed by atoms with Crippen molar-refractivity contribution in [2.45, 2.75) is 40.0 Å². The van der Waals surface area contributed by atoms with E-state index in [-0.39, 0.29) is 11.6 Å². The molecule has 0 amide bonds. The number of Topliss-reactive ketones (excluding diaryl/α,β-unsaturated/α-hetero) is 1. The Morgan fingerprint density at radius 2 is 1.85 bits per heavy atom. The van der Waals surface area contributed by atoms with Gasteiger partial charge in [0.15, 0.2) is 5.78 Å². The number of ketones is 1. The van der Waals surface area contributed by atoms with Crippen molar-refractivity contribution in [3.8, 4) is 0 Å². The lowest BCUT2D eigenvalue weighted by Gasteiger charge is -2.11. The van der Waals surface area contributed by atoms with Gasteiger partial charge in [0.2, 0.25) is 0 Å². The number of H-pyrrole nitrogens is 1. The van der Waals surface area contributed by atoms with E-state index >= 15 is 0 Å². The highest BCUT2D eigenvalue weighted by molar-refractivity contribution is 6.00. The summed E-state index contributed by atoms with van der Waals surface area (Å²) in [6.07, 6.45) is 2.11. The molecule has 0 atom stereocenters. The molecule has 1 aliphatic rings. The summed E-state index contributed by atoms with van der Waals surface area (Å²) in [5.74, 6) is 2.05. The number of carbonyl (C=O) groups is 1. The molecule has 0 aliphatic heterocycles. The molecule has 3 N–H and O–H groups in total. The molecule has 7 heteroatoms. The molecule has 2 aromatic heterocycles. The predicted octanol–water partition coefficient (Wildman–Crippen LogP) is 5.55. The minimum absolute atomic E-state index is 0.212. The van der Waals surface area contributed by atoms with Gasteiger partial charge in [-0.25, -0.2) is 14.4 Å². The third-order valence-corrected chi connectivity index (χ3v) is 6.25. The number of aryl methyl sites for hydroxylation is 4. The summed E-state index contributed by atoms with van der Waals surface area (Å²) in [7, 11) is 0. The van der Waals surface area contributed by atoms with E-state index in [1.165, 1.54) is 6.07 Å². The number of nitrogens with one attached hydrogen (secondary N) is 3. The number of hydrogen-bond acceptors (Lipinski definition) is 5. The van der Waals surface area contributed by atoms with E-state index in [9.17, 15) is 9.18 Å². The van der Waals surface area contributed by atoms with Gasteiger partial charge in [-0.1, -0.05) is 6.07 Å². The molecular formula is C26H26FN5O. The maximum atomic E-state index is 14.2. The highest BCUT2D eigenvalue weighted by Gasteiger charge is 2.19. The van der Waals surface area contributed by atoms with Gasteiger partial charge in [0, 0.05) is 41.4 Å². The average Bonchev–Trinajstić information content (AvgIpc) is 3.31. The van der Waals surface area contributed by atoms with E-state index in [4.69, 9.17) is 0 Å². The SMILES string of the molecule is Cc1nc(NCCc2c(C)[nH]c3c(F)ccc(C)c23)cc(Nc2ccc3c(c2)CCC3=O)n1. The van der Waals surface area contributed by atoms with Gasteiger partial charge in [0.1, 0.15) is 23.3 Å². The summed E-state index contributed by atoms with van der Waals surface area (Å²) in [5, 5.41) is 7.68. The lowest BCUT2D eigenvalue weighted by molar-refractivity contribution is 0.0994. The van der Waals surface area contributed by atoms with Crippen LogP contribution in [-0.2, 0) is 12.8 Å². The fourth-order valence-corrected chi connectivity index (χ4v) is 4.67. The van der Waals surface area contributed by atoms with Gasteiger partial charge in [-0.05, 0) is 74.6 Å². The molecule has 2 heterocycles. The zero-order chi connectivity index (χ0) is 23.1. The Labute approximate surface area is 191 Å². The molecule has 0 saturated heterocycles. The standard InChI is InChI=1S/C26H26FN5O/c1-14-4-8-21(27)26-25(14)19(15(2)29-26)10-11-28-23-13-24(31-16(3)30-23)32-18-6-7-20-17(12-18)5-9-22(20)33/h4,6-8,12-13,29H,5,9-11H2,1-3H3,(H2,28,30,31,32). The van der Waals surface area contributed by atoms with Crippen LogP contribution in [0.5, 0.6) is 0 Å². The van der Waals surface area contributed by atoms with Crippen molar-refractivity contribution in [1.82, 2.24) is 15.0 Å². The molecule has 33 heavy (non-hydrogen) atoms. The number of halogens is 1. The summed E-state index contributed by atoms with van der Waals surface area (Å²) < 4.78 is 14.2. The topological polar surface area (TPSA) is 82.7 Å². The number of aromatic nitrogens is 3. The summed E-state index contributed by atoms with van der Waals surface area (Å²) in [5.41, 5.74) is 6.54. The number of nitrogens with zero attached hydrogens (tertiary/aromatic N) is 2. The molecular weight excluding hydrogens is 417 g/mol. The molecule has 168 valence electrons. The van der Waals surface area contributed by atoms with Gasteiger partial charge < -0.3 is 15.6 Å². The van der Waals surface area contributed by atoms with Crippen LogP contribution in [0.3, 0.4) is 0 Å². The van der Waals surface area contributed by atoms with Crippen LogP contribution in [0.4, 0.5) is 21.7 Å². The number of hydrogen-bond donors (Lipinski definition) is 3. The van der Waals surface area contributed by atoms with Crippen molar-refractivity contribution >= 4 is 34.0 Å². The molecule has 0 saturated carbocycles. The quantitative estimate of drug-likeness (QED) is 0.364. The molecule has 4 aromatic rings. The molecule has 5 rings (SSSR count). The van der Waals surface area contributed by atoms with Crippen molar-refractivity contribution in [2.24, 2.45) is 0 Å². The maximum Gasteiger partial charge on any atom is 0.163 e. The molecule has 1 aliphatic carbocycles. The van der Waals surface area contributed by atoms with Crippen LogP contribution in [-0.4, -0.2) is 27.3 Å². The van der Waals surface area contributed by atoms with E-state index in [0.29, 0.717) is 30.1 Å². The van der Waals surface area contributed by atoms with E-state index in [2.05, 4.69) is 25.6 Å². The van der Waals surface area contributed by atoms with Gasteiger partial charge in [0.05, 0.1) is 5.52 Å². The first-order valence-electron chi connectivity index (χ1n) is 11.2. The van der Waals surface area contributed by atoms with Crippen molar-refractivity contribution in [1.29, 1.82) is 0 Å². The zero-order valence-corrected chi connectivity index (χ0v) is 19.0. The second-order valence-corrected chi connectivity index (χ2v) is 8.63. The van der Waals surface area contributed by atoms with Crippen LogP contribution in [0.2, 0.25) is 0 Å². The Kier molecular flexibility index (Phi) is 5.32. The van der Waals surface area contributed by atoms with Crippen molar-refractivity contribution in [3.05, 3.63) is 76.0 Å². The fourth-order valence-electron chi connectivity index (χ4n) is 4.67. The largest absolute Gasteiger partial charge is 0.370 e. The maximum absolute atomic E-state index is 14.2. The first-order valence-corrected chi connectivity index (χ1v) is 11.2. The second kappa shape index (κ2) is 8.31. The van der Waals surface area contributed by atoms with Crippen LogP contribution in [0, 0.1) is 26.6 Å². The molecule has 0 spiro atoms. The molecule has 6 nitrogen and oxygen atoms in total. The second-order valence-electron chi connectivity index (χ2n) is 8.63. The number of anilines is 3. The summed E-state index contributed by atoms with van der Waals surface area (Å²) in [6, 6.07) is 11.0. The molecule has 2 aromatic carbocycles. The van der Waals surface area contributed by atoms with Crippen molar-refractivity contribution in [2.75, 3.05) is 17.2 Å². The summed E-state index contributed by atoms with van der Waals surface area (Å²) in [6.45, 7) is 6.50. The van der Waals surface area contributed by atoms with E-state index < -0.39 is 0 Å². The van der Waals surface area contributed by atoms with Crippen molar-refractivity contribution in [3.63, 3.8) is 0 Å². The van der Waals surface area contributed by atoms with E-state index in [1.54, 1.807) is 0 Å². The van der Waals surface area contributed by atoms with Gasteiger partial charge in [0.25, 0.3) is 0 Å². The first kappa shape index (κ1) is 21.1. The monoisotopic (exact) mass is 443 g/mol. The fraction of sp³-hybridized carbons (Fsp3) is 0.269. The Bertz CT molecular complexity index is 1390. The normalized spacial score (nSPS) is 12.9. The molecule has 0 fully saturated rings. The molecule has 0 unspecified atom stereocenters. The lowest BCUT2D eigenvalue weighted by atomic mass is 10.0. The minimum atomic E-state index is -0.226. The van der Waals surface area contributed by atoms with Gasteiger partial charge in [-0.15, -0.1) is 0 Å². The van der Waals surface area contributed by atoms with Crippen LogP contribution in [0.15, 0.2) is 36.4 Å². The number of benzene rings is 2. The van der Waals surface area contributed by atoms with Gasteiger partial charge in [-0.3, -0.25) is 4.79 Å². The minimum Gasteiger partial charge on any atom is -0.370 e. The van der Waals surface area contributed by atoms with Gasteiger partial charge in [-0.2, -0.15) is 0 Å². The van der Waals surface area contributed by atoms with E-state index in [0.717, 1.165) is 57.7 Å². The Morgan fingerprint density at radius 1 is 1.03 bits per heavy atom. The Morgan fingerprint density at radius 3 is 2.70 bits per heavy atom. The highest BCUT2D eigenvalue weighted by atomic mass is 19.1.